The Labute approximate surface area is 397 Å². The third-order valence-corrected chi connectivity index (χ3v) is 13.2. The predicted octanol–water partition coefficient (Wildman–Crippen LogP) is 10.6. The van der Waals surface area contributed by atoms with Crippen molar-refractivity contribution in [2.45, 2.75) is 300 Å². The smallest absolute Gasteiger partial charge is 0.249 e. The molecule has 1 saturated heterocycles. The van der Waals surface area contributed by atoms with Gasteiger partial charge in [-0.2, -0.15) is 0 Å². The van der Waals surface area contributed by atoms with Crippen LogP contribution in [0.25, 0.3) is 0 Å². The molecule has 0 spiro atoms. The second-order valence-electron chi connectivity index (χ2n) is 19.3. The summed E-state index contributed by atoms with van der Waals surface area (Å²) in [5, 5.41) is 75.6. The van der Waals surface area contributed by atoms with Gasteiger partial charge < -0.3 is 50.5 Å². The van der Waals surface area contributed by atoms with E-state index in [4.69, 9.17) is 9.47 Å². The van der Waals surface area contributed by atoms with Crippen LogP contribution in [-0.4, -0.2) is 110 Å². The summed E-state index contributed by atoms with van der Waals surface area (Å²) in [5.41, 5.74) is 0. The Bertz CT molecular complexity index is 1110. The van der Waals surface area contributed by atoms with Crippen LogP contribution < -0.4 is 5.32 Å². The Balaban J connectivity index is 2.19. The normalized spacial score (nSPS) is 21.0. The molecule has 8 N–H and O–H groups in total. The van der Waals surface area contributed by atoms with Gasteiger partial charge in [0.2, 0.25) is 5.91 Å². The summed E-state index contributed by atoms with van der Waals surface area (Å²) in [6.45, 7) is 3.31. The number of rotatable bonds is 46. The molecule has 11 nitrogen and oxygen atoms in total. The maximum absolute atomic E-state index is 13.1. The lowest BCUT2D eigenvalue weighted by Crippen LogP contribution is -2.60. The van der Waals surface area contributed by atoms with E-state index in [2.05, 4.69) is 37.4 Å². The molecule has 0 aliphatic carbocycles. The topological polar surface area (TPSA) is 189 Å². The average molecular weight is 926 g/mol. The Hall–Kier alpha value is -1.41. The summed E-state index contributed by atoms with van der Waals surface area (Å²) in [6.07, 6.45) is 40.0. The molecule has 0 radical (unpaired) electrons. The zero-order valence-electron chi connectivity index (χ0n) is 41.7. The van der Waals surface area contributed by atoms with Crippen LogP contribution in [0.3, 0.4) is 0 Å². The molecule has 0 bridgehead atoms. The quantitative estimate of drug-likeness (QED) is 0.0216. The number of nitrogens with one attached hydrogen (secondary N) is 1. The van der Waals surface area contributed by atoms with Gasteiger partial charge in [-0.3, -0.25) is 4.79 Å². The first-order chi connectivity index (χ1) is 31.7. The fourth-order valence-corrected chi connectivity index (χ4v) is 8.82. The van der Waals surface area contributed by atoms with Crippen LogP contribution in [0.15, 0.2) is 24.3 Å². The number of ether oxygens (including phenoxy) is 2. The van der Waals surface area contributed by atoms with Crippen molar-refractivity contribution < 1.29 is 50.0 Å². The van der Waals surface area contributed by atoms with E-state index in [0.717, 1.165) is 38.5 Å². The lowest BCUT2D eigenvalue weighted by molar-refractivity contribution is -0.303. The van der Waals surface area contributed by atoms with Gasteiger partial charge in [-0.25, -0.2) is 0 Å². The number of unbranched alkanes of at least 4 members (excludes halogenated alkanes) is 30. The number of hydrogen-bond donors (Lipinski definition) is 8. The van der Waals surface area contributed by atoms with Crippen LogP contribution in [0.2, 0.25) is 0 Å². The summed E-state index contributed by atoms with van der Waals surface area (Å²) in [4.78, 5) is 13.1. The van der Waals surface area contributed by atoms with Gasteiger partial charge >= 0.3 is 0 Å². The second-order valence-corrected chi connectivity index (χ2v) is 19.3. The Kier molecular flexibility index (Phi) is 41.6. The van der Waals surface area contributed by atoms with Crippen LogP contribution in [0.1, 0.15) is 245 Å². The highest BCUT2D eigenvalue weighted by atomic mass is 16.7. The van der Waals surface area contributed by atoms with Gasteiger partial charge in [-0.05, 0) is 44.9 Å². The maximum Gasteiger partial charge on any atom is 0.249 e. The Morgan fingerprint density at radius 1 is 0.538 bits per heavy atom. The van der Waals surface area contributed by atoms with Gasteiger partial charge in [0.05, 0.1) is 25.4 Å². The lowest BCUT2D eigenvalue weighted by atomic mass is 9.98. The predicted molar refractivity (Wildman–Crippen MR) is 266 cm³/mol. The van der Waals surface area contributed by atoms with Crippen molar-refractivity contribution in [2.75, 3.05) is 13.2 Å². The van der Waals surface area contributed by atoms with Crippen LogP contribution in [0.4, 0.5) is 0 Å². The molecule has 0 aromatic rings. The zero-order chi connectivity index (χ0) is 47.6. The van der Waals surface area contributed by atoms with Crippen LogP contribution >= 0.6 is 0 Å². The molecule has 1 amide bonds. The van der Waals surface area contributed by atoms with Gasteiger partial charge in [0.1, 0.15) is 36.6 Å². The van der Waals surface area contributed by atoms with Gasteiger partial charge in [-0.15, -0.1) is 0 Å². The first kappa shape index (κ1) is 61.6. The molecule has 9 atom stereocenters. The third-order valence-electron chi connectivity index (χ3n) is 13.2. The molecule has 11 heteroatoms. The highest BCUT2D eigenvalue weighted by Gasteiger charge is 2.44. The number of carbonyl (C=O) groups is 1. The largest absolute Gasteiger partial charge is 0.394 e. The van der Waals surface area contributed by atoms with Crippen molar-refractivity contribution >= 4 is 5.91 Å². The van der Waals surface area contributed by atoms with E-state index in [-0.39, 0.29) is 12.8 Å². The van der Waals surface area contributed by atoms with Crippen LogP contribution in [-0.2, 0) is 14.3 Å². The number of aliphatic hydroxyl groups excluding tert-OH is 7. The molecule has 1 aliphatic heterocycles. The van der Waals surface area contributed by atoms with E-state index in [1.807, 2.05) is 6.08 Å². The molecule has 1 rings (SSSR count). The first-order valence-corrected chi connectivity index (χ1v) is 27.2. The fraction of sp³-hybridized carbons (Fsp3) is 0.907. The van der Waals surface area contributed by atoms with Gasteiger partial charge in [0.15, 0.2) is 6.29 Å². The molecule has 0 aromatic carbocycles. The molecule has 1 aliphatic rings. The number of allylic oxidation sites excluding steroid dienone is 4. The lowest BCUT2D eigenvalue weighted by Gasteiger charge is -2.40. The van der Waals surface area contributed by atoms with Crippen molar-refractivity contribution in [2.24, 2.45) is 0 Å². The van der Waals surface area contributed by atoms with Crippen molar-refractivity contribution in [3.05, 3.63) is 24.3 Å². The molecule has 0 aromatic heterocycles. The highest BCUT2D eigenvalue weighted by Crippen LogP contribution is 2.23. The van der Waals surface area contributed by atoms with E-state index in [1.54, 1.807) is 0 Å². The zero-order valence-corrected chi connectivity index (χ0v) is 41.7. The minimum Gasteiger partial charge on any atom is -0.394 e. The Morgan fingerprint density at radius 2 is 0.954 bits per heavy atom. The van der Waals surface area contributed by atoms with E-state index >= 15 is 0 Å². The standard InChI is InChI=1S/C54H103NO10/c1-3-5-7-9-11-13-14-15-16-17-18-19-20-21-22-23-24-25-26-27-28-29-30-31-32-34-36-38-40-42-47(58)53(63)55-45(44-64-54-52(62)51(61)50(60)48(43-56)65-54)49(59)46(57)41-39-37-35-33-12-10-8-6-4-2/h6,8,33,35,45-52,54,56-62H,3-5,7,9-32,34,36-44H2,1-2H3,(H,55,63)/b8-6+,35-33+. The van der Waals surface area contributed by atoms with Crippen molar-refractivity contribution in [3.8, 4) is 0 Å². The molecular formula is C54H103NO10. The van der Waals surface area contributed by atoms with Gasteiger partial charge in [0, 0.05) is 0 Å². The highest BCUT2D eigenvalue weighted by molar-refractivity contribution is 5.80. The van der Waals surface area contributed by atoms with Crippen molar-refractivity contribution in [3.63, 3.8) is 0 Å². The van der Waals surface area contributed by atoms with E-state index in [0.29, 0.717) is 19.3 Å². The van der Waals surface area contributed by atoms with Gasteiger partial charge in [0.25, 0.3) is 0 Å². The molecule has 384 valence electrons. The van der Waals surface area contributed by atoms with Gasteiger partial charge in [-0.1, -0.05) is 224 Å². The number of amides is 1. The fourth-order valence-electron chi connectivity index (χ4n) is 8.82. The van der Waals surface area contributed by atoms with Crippen LogP contribution in [0.5, 0.6) is 0 Å². The molecule has 9 unspecified atom stereocenters. The van der Waals surface area contributed by atoms with E-state index in [9.17, 15) is 40.5 Å². The maximum atomic E-state index is 13.1. The third kappa shape index (κ3) is 32.9. The second kappa shape index (κ2) is 43.8. The molecule has 65 heavy (non-hydrogen) atoms. The average Bonchev–Trinajstić information content (AvgIpc) is 3.31. The summed E-state index contributed by atoms with van der Waals surface area (Å²) >= 11 is 0. The number of hydrogen-bond acceptors (Lipinski definition) is 10. The first-order valence-electron chi connectivity index (χ1n) is 27.2. The minimum atomic E-state index is -1.67. The van der Waals surface area contributed by atoms with Crippen molar-refractivity contribution in [1.29, 1.82) is 0 Å². The molecule has 1 heterocycles. The summed E-state index contributed by atoms with van der Waals surface area (Å²) in [5.74, 6) is -0.709. The SMILES string of the molecule is CC/C=C/CC/C=C/CCCC(O)C(O)C(COC1OC(CO)C(O)C(O)C1O)NC(=O)C(O)CCCCCCCCCCCCCCCCCCCCCCCCCCCCCCC. The molecule has 0 saturated carbocycles. The summed E-state index contributed by atoms with van der Waals surface area (Å²) in [7, 11) is 0. The van der Waals surface area contributed by atoms with Crippen molar-refractivity contribution in [1.82, 2.24) is 5.32 Å². The molecular weight excluding hydrogens is 823 g/mol. The Morgan fingerprint density at radius 3 is 1.38 bits per heavy atom. The van der Waals surface area contributed by atoms with E-state index in [1.165, 1.54) is 161 Å². The summed E-state index contributed by atoms with van der Waals surface area (Å²) < 4.78 is 11.1. The minimum absolute atomic E-state index is 0.246. The summed E-state index contributed by atoms with van der Waals surface area (Å²) in [6, 6.07) is -1.19. The number of carbonyl (C=O) groups excluding carboxylic acids is 1. The van der Waals surface area contributed by atoms with Crippen LogP contribution in [0, 0.1) is 0 Å². The molecule has 1 fully saturated rings. The number of aliphatic hydroxyl groups is 7. The monoisotopic (exact) mass is 926 g/mol. The van der Waals surface area contributed by atoms with E-state index < -0.39 is 74.2 Å².